The lowest BCUT2D eigenvalue weighted by atomic mass is 9.72. The number of primary amides is 1. The first-order chi connectivity index (χ1) is 9.70. The number of amidine groups is 1. The van der Waals surface area contributed by atoms with E-state index in [2.05, 4.69) is 10.3 Å². The van der Waals surface area contributed by atoms with E-state index in [1.807, 2.05) is 0 Å². The summed E-state index contributed by atoms with van der Waals surface area (Å²) in [5.74, 6) is 0.0841. The molecule has 5 heteroatoms. The van der Waals surface area contributed by atoms with Gasteiger partial charge in [0.25, 0.3) is 0 Å². The van der Waals surface area contributed by atoms with Crippen LogP contribution in [0, 0.1) is 0 Å². The Morgan fingerprint density at radius 2 is 1.95 bits per heavy atom. The average molecular weight is 294 g/mol. The summed E-state index contributed by atoms with van der Waals surface area (Å²) in [6.07, 6.45) is 11.4. The third-order valence-electron chi connectivity index (χ3n) is 4.73. The van der Waals surface area contributed by atoms with E-state index in [0.29, 0.717) is 5.75 Å². The zero-order valence-electron chi connectivity index (χ0n) is 12.0. The van der Waals surface area contributed by atoms with E-state index in [1.54, 1.807) is 5.57 Å². The Labute approximate surface area is 124 Å². The molecule has 1 amide bonds. The number of carbonyl (C=O) groups is 1. The van der Waals surface area contributed by atoms with Gasteiger partial charge in [0.2, 0.25) is 5.91 Å². The largest absolute Gasteiger partial charge is 0.369 e. The minimum Gasteiger partial charge on any atom is -0.369 e. The maximum atomic E-state index is 11.0. The highest BCUT2D eigenvalue weighted by molar-refractivity contribution is 8.14. The second-order valence-electron chi connectivity index (χ2n) is 6.14. The Hall–Kier alpha value is -0.970. The van der Waals surface area contributed by atoms with E-state index >= 15 is 0 Å². The molecule has 3 rings (SSSR count). The van der Waals surface area contributed by atoms with Gasteiger partial charge in [-0.05, 0) is 56.7 Å². The Bertz CT molecular complexity index is 464. The van der Waals surface area contributed by atoms with Crippen molar-refractivity contribution >= 4 is 22.8 Å². The summed E-state index contributed by atoms with van der Waals surface area (Å²) in [5.41, 5.74) is 8.47. The number of nitrogens with two attached hydrogens (primary N) is 1. The number of fused-ring (bicyclic) bond motifs is 1. The summed E-state index contributed by atoms with van der Waals surface area (Å²) in [7, 11) is 0. The number of rotatable bonds is 2. The normalized spacial score (nSPS) is 24.9. The molecular weight excluding hydrogens is 270 g/mol. The van der Waals surface area contributed by atoms with Gasteiger partial charge in [-0.3, -0.25) is 9.79 Å². The van der Waals surface area contributed by atoms with Crippen molar-refractivity contribution in [2.24, 2.45) is 5.73 Å². The van der Waals surface area contributed by atoms with Crippen LogP contribution in [0.4, 0.5) is 0 Å². The number of thioether (sulfide) groups is 1. The summed E-state index contributed by atoms with van der Waals surface area (Å²) in [6.45, 7) is 0. The maximum absolute atomic E-state index is 11.0. The third-order valence-corrected chi connectivity index (χ3v) is 5.65. The monoisotopic (exact) mass is 294 g/mol. The van der Waals surface area contributed by atoms with E-state index in [1.165, 1.54) is 68.8 Å². The van der Waals surface area contributed by atoms with Crippen molar-refractivity contribution in [1.82, 2.24) is 5.32 Å². The van der Waals surface area contributed by atoms with Gasteiger partial charge in [0, 0.05) is 12.0 Å². The highest BCUT2D eigenvalue weighted by atomic mass is 32.2. The number of allylic oxidation sites excluding steroid dienone is 1. The second kappa shape index (κ2) is 5.80. The number of amides is 1. The Morgan fingerprint density at radius 3 is 2.70 bits per heavy atom. The molecule has 0 saturated heterocycles. The molecule has 0 atom stereocenters. The van der Waals surface area contributed by atoms with Crippen molar-refractivity contribution in [3.63, 3.8) is 0 Å². The third kappa shape index (κ3) is 2.73. The van der Waals surface area contributed by atoms with Crippen LogP contribution in [0.1, 0.15) is 57.8 Å². The minimum atomic E-state index is -0.257. The Balaban J connectivity index is 1.86. The number of hydrogen-bond acceptors (Lipinski definition) is 3. The first-order valence-corrected chi connectivity index (χ1v) is 8.74. The van der Waals surface area contributed by atoms with Gasteiger partial charge in [-0.1, -0.05) is 6.42 Å². The molecule has 4 N–H and O–H groups in total. The van der Waals surface area contributed by atoms with Crippen LogP contribution in [0.2, 0.25) is 0 Å². The standard InChI is InChI=1S/C15H23N3OS/c16-13(19)10-20-14-17-12-7-3-2-6-11(12)15(18-14)8-4-1-5-9-15/h1-10H2,(H2,16,19)(H,17,18)/p+1. The molecule has 0 aromatic rings. The van der Waals surface area contributed by atoms with Gasteiger partial charge < -0.3 is 5.73 Å². The van der Waals surface area contributed by atoms with Crippen LogP contribution in [0.25, 0.3) is 0 Å². The van der Waals surface area contributed by atoms with Gasteiger partial charge in [-0.2, -0.15) is 0 Å². The number of nitrogens with one attached hydrogen (secondary N) is 2. The first kappa shape index (κ1) is 14.0. The van der Waals surface area contributed by atoms with E-state index in [0.717, 1.165) is 11.6 Å². The van der Waals surface area contributed by atoms with Crippen LogP contribution in [0.15, 0.2) is 11.3 Å². The summed E-state index contributed by atoms with van der Waals surface area (Å²) in [6, 6.07) is 0. The molecule has 3 aliphatic rings. The van der Waals surface area contributed by atoms with Crippen LogP contribution < -0.4 is 16.0 Å². The van der Waals surface area contributed by atoms with Crippen LogP contribution in [-0.2, 0) is 4.79 Å². The lowest BCUT2D eigenvalue weighted by Gasteiger charge is -2.39. The van der Waals surface area contributed by atoms with Crippen molar-refractivity contribution in [2.45, 2.75) is 63.3 Å². The molecule has 1 saturated carbocycles. The molecule has 0 aromatic carbocycles. The number of hydrogen-bond donors (Lipinski definition) is 3. The molecule has 0 unspecified atom stereocenters. The zero-order valence-corrected chi connectivity index (χ0v) is 12.8. The number of carbonyl (C=O) groups excluding carboxylic acids is 1. The summed E-state index contributed by atoms with van der Waals surface area (Å²) in [5, 5.41) is 4.56. The maximum Gasteiger partial charge on any atom is 0.310 e. The van der Waals surface area contributed by atoms with Gasteiger partial charge in [-0.25, -0.2) is 5.32 Å². The molecule has 2 aliphatic carbocycles. The summed E-state index contributed by atoms with van der Waals surface area (Å²) >= 11 is 1.51. The molecular formula is C15H24N3OS+. The lowest BCUT2D eigenvalue weighted by Crippen LogP contribution is -2.91. The molecule has 1 spiro atoms. The van der Waals surface area contributed by atoms with Gasteiger partial charge in [0.05, 0.1) is 5.75 Å². The predicted molar refractivity (Wildman–Crippen MR) is 82.1 cm³/mol. The topological polar surface area (TPSA) is 69.1 Å². The SMILES string of the molecule is NC(=O)CSC1=[NH+]C2(CCCCC2)C2=C(CCCC2)N1. The molecule has 1 fully saturated rings. The quantitative estimate of drug-likeness (QED) is 0.705. The predicted octanol–water partition coefficient (Wildman–Crippen LogP) is 0.776. The van der Waals surface area contributed by atoms with E-state index in [-0.39, 0.29) is 11.4 Å². The molecule has 110 valence electrons. The smallest absolute Gasteiger partial charge is 0.310 e. The fourth-order valence-electron chi connectivity index (χ4n) is 3.83. The van der Waals surface area contributed by atoms with Crippen molar-refractivity contribution < 1.29 is 9.79 Å². The molecule has 20 heavy (non-hydrogen) atoms. The lowest BCUT2D eigenvalue weighted by molar-refractivity contribution is -0.549. The summed E-state index contributed by atoms with van der Waals surface area (Å²) in [4.78, 5) is 14.7. The fourth-order valence-corrected chi connectivity index (χ4v) is 4.58. The molecule has 0 radical (unpaired) electrons. The highest BCUT2D eigenvalue weighted by Crippen LogP contribution is 2.38. The second-order valence-corrected chi connectivity index (χ2v) is 7.13. The fraction of sp³-hybridized carbons (Fsp3) is 0.733. The van der Waals surface area contributed by atoms with E-state index in [4.69, 9.17) is 5.73 Å². The summed E-state index contributed by atoms with van der Waals surface area (Å²) < 4.78 is 0. The molecule has 1 aliphatic heterocycles. The molecule has 4 nitrogen and oxygen atoms in total. The zero-order chi connectivity index (χ0) is 14.0. The van der Waals surface area contributed by atoms with Crippen LogP contribution in [-0.4, -0.2) is 22.4 Å². The van der Waals surface area contributed by atoms with Gasteiger partial charge >= 0.3 is 5.17 Å². The van der Waals surface area contributed by atoms with E-state index in [9.17, 15) is 4.79 Å². The minimum absolute atomic E-state index is 0.166. The van der Waals surface area contributed by atoms with Gasteiger partial charge in [0.1, 0.15) is 11.2 Å². The van der Waals surface area contributed by atoms with Crippen LogP contribution in [0.3, 0.4) is 0 Å². The highest BCUT2D eigenvalue weighted by Gasteiger charge is 2.44. The Kier molecular flexibility index (Phi) is 4.06. The van der Waals surface area contributed by atoms with E-state index < -0.39 is 0 Å². The first-order valence-electron chi connectivity index (χ1n) is 7.75. The van der Waals surface area contributed by atoms with Crippen molar-refractivity contribution in [3.05, 3.63) is 11.3 Å². The molecule has 0 bridgehead atoms. The van der Waals surface area contributed by atoms with Crippen LogP contribution >= 0.6 is 11.8 Å². The molecule has 1 heterocycles. The van der Waals surface area contributed by atoms with Crippen molar-refractivity contribution in [1.29, 1.82) is 0 Å². The Morgan fingerprint density at radius 1 is 1.20 bits per heavy atom. The average Bonchev–Trinajstić information content (AvgIpc) is 2.46. The van der Waals surface area contributed by atoms with Crippen LogP contribution in [0.5, 0.6) is 0 Å². The van der Waals surface area contributed by atoms with Crippen molar-refractivity contribution in [2.75, 3.05) is 5.75 Å². The van der Waals surface area contributed by atoms with Gasteiger partial charge in [-0.15, -0.1) is 0 Å². The van der Waals surface area contributed by atoms with Gasteiger partial charge in [0.15, 0.2) is 0 Å². The van der Waals surface area contributed by atoms with Crippen molar-refractivity contribution in [3.8, 4) is 0 Å². The molecule has 0 aromatic heterocycles.